The van der Waals surface area contributed by atoms with Crippen LogP contribution in [0.3, 0.4) is 0 Å². The van der Waals surface area contributed by atoms with Crippen LogP contribution in [0, 0.1) is 5.92 Å². The number of aromatic carboxylic acids is 1. The summed E-state index contributed by atoms with van der Waals surface area (Å²) in [6, 6.07) is 23.2. The first-order valence-electron chi connectivity index (χ1n) is 15.9. The van der Waals surface area contributed by atoms with E-state index in [9.17, 15) is 14.7 Å². The van der Waals surface area contributed by atoms with Crippen LogP contribution in [0.15, 0.2) is 72.8 Å². The van der Waals surface area contributed by atoms with Crippen LogP contribution in [0.5, 0.6) is 5.75 Å². The lowest BCUT2D eigenvalue weighted by molar-refractivity contribution is -0.192. The molecule has 0 bridgehead atoms. The van der Waals surface area contributed by atoms with E-state index in [2.05, 4.69) is 0 Å². The Labute approximate surface area is 267 Å². The highest BCUT2D eigenvalue weighted by Gasteiger charge is 2.28. The lowest BCUT2D eigenvalue weighted by Gasteiger charge is -2.33. The molecule has 3 aromatic rings. The average Bonchev–Trinajstić information content (AvgIpc) is 3.01. The number of carboxylic acid groups (broad SMARTS) is 1. The van der Waals surface area contributed by atoms with Crippen LogP contribution in [-0.2, 0) is 20.6 Å². The maximum absolute atomic E-state index is 13.4. The highest BCUT2D eigenvalue weighted by molar-refractivity contribution is 5.92. The first kappa shape index (κ1) is 34.0. The van der Waals surface area contributed by atoms with E-state index in [0.717, 1.165) is 41.5 Å². The van der Waals surface area contributed by atoms with Crippen molar-refractivity contribution in [2.75, 3.05) is 26.3 Å². The fourth-order valence-corrected chi connectivity index (χ4v) is 5.06. The van der Waals surface area contributed by atoms with Gasteiger partial charge in [0.05, 0.1) is 13.2 Å². The summed E-state index contributed by atoms with van der Waals surface area (Å²) in [4.78, 5) is 26.9. The van der Waals surface area contributed by atoms with E-state index in [-0.39, 0.29) is 30.0 Å². The molecule has 1 fully saturated rings. The van der Waals surface area contributed by atoms with Crippen molar-refractivity contribution < 1.29 is 33.6 Å². The normalized spacial score (nSPS) is 15.8. The van der Waals surface area contributed by atoms with Crippen molar-refractivity contribution >= 4 is 12.1 Å². The average molecular weight is 618 g/mol. The van der Waals surface area contributed by atoms with E-state index in [1.54, 1.807) is 23.1 Å². The molecule has 1 aliphatic rings. The molecular weight excluding hydrogens is 570 g/mol. The number of carboxylic acids is 1. The fourth-order valence-electron chi connectivity index (χ4n) is 5.06. The Morgan fingerprint density at radius 2 is 1.69 bits per heavy atom. The number of ether oxygens (including phenoxy) is 4. The Balaban J connectivity index is 1.50. The molecule has 0 radical (unpaired) electrons. The summed E-state index contributed by atoms with van der Waals surface area (Å²) in [6.45, 7) is 11.5. The van der Waals surface area contributed by atoms with E-state index < -0.39 is 11.6 Å². The molecule has 0 saturated carbocycles. The van der Waals surface area contributed by atoms with Gasteiger partial charge in [0.2, 0.25) is 0 Å². The molecule has 242 valence electrons. The van der Waals surface area contributed by atoms with Gasteiger partial charge < -0.3 is 29.0 Å². The maximum Gasteiger partial charge on any atom is 0.410 e. The minimum atomic E-state index is -1.02. The number of benzene rings is 3. The molecule has 1 unspecified atom stereocenters. The van der Waals surface area contributed by atoms with Crippen LogP contribution in [0.4, 0.5) is 4.79 Å². The van der Waals surface area contributed by atoms with Gasteiger partial charge in [0.15, 0.2) is 6.29 Å². The number of carbonyl (C=O) groups excluding carboxylic acids is 1. The van der Waals surface area contributed by atoms with Crippen LogP contribution in [0.1, 0.15) is 81.5 Å². The summed E-state index contributed by atoms with van der Waals surface area (Å²) in [5, 5.41) is 9.60. The molecule has 0 spiro atoms. The van der Waals surface area contributed by atoms with Crippen molar-refractivity contribution in [1.82, 2.24) is 4.90 Å². The van der Waals surface area contributed by atoms with E-state index in [1.807, 2.05) is 89.2 Å². The maximum atomic E-state index is 13.4. The molecule has 1 N–H and O–H groups in total. The topological polar surface area (TPSA) is 94.5 Å². The lowest BCUT2D eigenvalue weighted by Crippen LogP contribution is -2.41. The summed E-state index contributed by atoms with van der Waals surface area (Å²) in [5.74, 6) is -0.388. The molecule has 4 rings (SSSR count). The quantitative estimate of drug-likeness (QED) is 0.207. The largest absolute Gasteiger partial charge is 0.492 e. The minimum absolute atomic E-state index is 0.145. The first-order valence-corrected chi connectivity index (χ1v) is 15.9. The SMILES string of the molecule is CC(C)COc1cc(-c2ccc(CCN(C[C@H](OC3CCCCO3)c3ccccc3)C(=O)OC(C)(C)C)cc2)ccc1C(=O)O. The van der Waals surface area contributed by atoms with Crippen LogP contribution >= 0.6 is 0 Å². The Morgan fingerprint density at radius 3 is 2.31 bits per heavy atom. The Morgan fingerprint density at radius 1 is 0.978 bits per heavy atom. The predicted molar refractivity (Wildman–Crippen MR) is 175 cm³/mol. The highest BCUT2D eigenvalue weighted by Crippen LogP contribution is 2.29. The number of rotatable bonds is 13. The van der Waals surface area contributed by atoms with Gasteiger partial charge in [-0.2, -0.15) is 0 Å². The molecule has 1 saturated heterocycles. The van der Waals surface area contributed by atoms with Gasteiger partial charge in [-0.15, -0.1) is 0 Å². The van der Waals surface area contributed by atoms with Crippen LogP contribution < -0.4 is 4.74 Å². The zero-order valence-corrected chi connectivity index (χ0v) is 27.2. The van der Waals surface area contributed by atoms with Crippen LogP contribution in [0.2, 0.25) is 0 Å². The molecule has 8 nitrogen and oxygen atoms in total. The third-order valence-electron chi connectivity index (χ3n) is 7.41. The van der Waals surface area contributed by atoms with Crippen LogP contribution in [-0.4, -0.2) is 60.3 Å². The van der Waals surface area contributed by atoms with Gasteiger partial charge in [-0.1, -0.05) is 74.5 Å². The molecule has 0 aliphatic carbocycles. The first-order chi connectivity index (χ1) is 21.5. The molecule has 0 aromatic heterocycles. The summed E-state index contributed by atoms with van der Waals surface area (Å²) in [5.41, 5.74) is 3.35. The second kappa shape index (κ2) is 15.9. The van der Waals surface area contributed by atoms with E-state index in [4.69, 9.17) is 18.9 Å². The predicted octanol–water partition coefficient (Wildman–Crippen LogP) is 8.15. The van der Waals surface area contributed by atoms with Gasteiger partial charge in [0.1, 0.15) is 23.0 Å². The van der Waals surface area contributed by atoms with Crippen molar-refractivity contribution in [3.8, 4) is 16.9 Å². The molecule has 1 aliphatic heterocycles. The van der Waals surface area contributed by atoms with Gasteiger partial charge in [0, 0.05) is 13.2 Å². The molecule has 3 aromatic carbocycles. The Bertz CT molecular complexity index is 1380. The summed E-state index contributed by atoms with van der Waals surface area (Å²) >= 11 is 0. The number of carbonyl (C=O) groups is 2. The lowest BCUT2D eigenvalue weighted by atomic mass is 10.0. The summed E-state index contributed by atoms with van der Waals surface area (Å²) in [7, 11) is 0. The number of nitrogens with zero attached hydrogens (tertiary/aromatic N) is 1. The standard InChI is InChI=1S/C37H47NO7/c1-26(2)25-43-32-23-30(18-19-31(32)35(39)40)28-16-14-27(15-17-28)20-21-38(36(41)45-37(3,4)5)24-33(29-11-7-6-8-12-29)44-34-13-9-10-22-42-34/h6-8,11-12,14-19,23,26,33-34H,9-10,13,20-22,24-25H2,1-5H3,(H,39,40)/t33-,34?/m0/s1. The molecule has 1 heterocycles. The summed E-state index contributed by atoms with van der Waals surface area (Å²) in [6.07, 6.45) is 2.45. The second-order valence-corrected chi connectivity index (χ2v) is 12.9. The Kier molecular flexibility index (Phi) is 12.0. The van der Waals surface area contributed by atoms with E-state index in [0.29, 0.717) is 38.5 Å². The zero-order valence-electron chi connectivity index (χ0n) is 27.2. The fraction of sp³-hybridized carbons (Fsp3) is 0.459. The zero-order chi connectivity index (χ0) is 32.4. The molecule has 45 heavy (non-hydrogen) atoms. The number of hydrogen-bond donors (Lipinski definition) is 1. The van der Waals surface area contributed by atoms with Crippen molar-refractivity contribution in [3.05, 3.63) is 89.5 Å². The number of hydrogen-bond acceptors (Lipinski definition) is 6. The van der Waals surface area contributed by atoms with Gasteiger partial charge in [0.25, 0.3) is 0 Å². The van der Waals surface area contributed by atoms with Gasteiger partial charge >= 0.3 is 12.1 Å². The van der Waals surface area contributed by atoms with Crippen molar-refractivity contribution in [1.29, 1.82) is 0 Å². The molecular formula is C37H47NO7. The van der Waals surface area contributed by atoms with Crippen molar-refractivity contribution in [2.24, 2.45) is 5.92 Å². The van der Waals surface area contributed by atoms with Crippen LogP contribution in [0.25, 0.3) is 11.1 Å². The van der Waals surface area contributed by atoms with E-state index >= 15 is 0 Å². The minimum Gasteiger partial charge on any atom is -0.492 e. The molecule has 8 heteroatoms. The Hall–Kier alpha value is -3.88. The monoisotopic (exact) mass is 617 g/mol. The van der Waals surface area contributed by atoms with Crippen molar-refractivity contribution in [2.45, 2.75) is 78.3 Å². The summed E-state index contributed by atoms with van der Waals surface area (Å²) < 4.78 is 24.0. The van der Waals surface area contributed by atoms with Gasteiger partial charge in [-0.25, -0.2) is 9.59 Å². The van der Waals surface area contributed by atoms with Gasteiger partial charge in [-0.05, 0) is 86.8 Å². The third kappa shape index (κ3) is 10.6. The number of amides is 1. The van der Waals surface area contributed by atoms with E-state index in [1.165, 1.54) is 0 Å². The van der Waals surface area contributed by atoms with Crippen molar-refractivity contribution in [3.63, 3.8) is 0 Å². The molecule has 2 atom stereocenters. The smallest absolute Gasteiger partial charge is 0.410 e. The van der Waals surface area contributed by atoms with Gasteiger partial charge in [-0.3, -0.25) is 0 Å². The third-order valence-corrected chi connectivity index (χ3v) is 7.41. The highest BCUT2D eigenvalue weighted by atomic mass is 16.7. The second-order valence-electron chi connectivity index (χ2n) is 12.9. The molecule has 1 amide bonds.